The maximum Gasteiger partial charge on any atom is 0.267 e. The van der Waals surface area contributed by atoms with Crippen molar-refractivity contribution in [1.82, 2.24) is 20.3 Å². The number of nitrogens with one attached hydrogen (secondary N) is 4. The van der Waals surface area contributed by atoms with Gasteiger partial charge in [-0.3, -0.25) is 4.79 Å². The fourth-order valence-electron chi connectivity index (χ4n) is 1.47. The van der Waals surface area contributed by atoms with E-state index in [1.165, 1.54) is 19.4 Å². The van der Waals surface area contributed by atoms with Crippen molar-refractivity contribution in [3.63, 3.8) is 0 Å². The van der Waals surface area contributed by atoms with Gasteiger partial charge in [0.25, 0.3) is 5.91 Å². The first-order valence-electron chi connectivity index (χ1n) is 6.53. The second-order valence-electron chi connectivity index (χ2n) is 4.54. The van der Waals surface area contributed by atoms with Crippen LogP contribution in [0, 0.1) is 0 Å². The Morgan fingerprint density at radius 1 is 1.48 bits per heavy atom. The van der Waals surface area contributed by atoms with E-state index in [4.69, 9.17) is 4.74 Å². The quantitative estimate of drug-likeness (QED) is 0.449. The highest BCUT2D eigenvalue weighted by molar-refractivity contribution is 7.89. The van der Waals surface area contributed by atoms with Gasteiger partial charge in [-0.05, 0) is 20.0 Å². The van der Waals surface area contributed by atoms with Gasteiger partial charge in [-0.25, -0.2) is 13.1 Å². The third-order valence-corrected chi connectivity index (χ3v) is 4.31. The number of hydrogen-bond donors (Lipinski definition) is 4. The van der Waals surface area contributed by atoms with Crippen molar-refractivity contribution in [2.45, 2.75) is 17.9 Å². The summed E-state index contributed by atoms with van der Waals surface area (Å²) >= 11 is 0. The number of likely N-dealkylation sites (N-methyl/N-ethyl adjacent to an activating group) is 1. The van der Waals surface area contributed by atoms with Gasteiger partial charge < -0.3 is 20.4 Å². The maximum absolute atomic E-state index is 11.9. The Labute approximate surface area is 124 Å². The van der Waals surface area contributed by atoms with Crippen LogP contribution in [0.2, 0.25) is 0 Å². The average molecular weight is 318 g/mol. The van der Waals surface area contributed by atoms with Gasteiger partial charge in [0.2, 0.25) is 10.0 Å². The summed E-state index contributed by atoms with van der Waals surface area (Å²) in [7, 11) is -0.356. The van der Waals surface area contributed by atoms with E-state index in [1.54, 1.807) is 7.05 Å². The van der Waals surface area contributed by atoms with Gasteiger partial charge in [0, 0.05) is 32.4 Å². The summed E-state index contributed by atoms with van der Waals surface area (Å²) in [5.41, 5.74) is 0.199. The van der Waals surface area contributed by atoms with Crippen LogP contribution < -0.4 is 15.4 Å². The Kier molecular flexibility index (Phi) is 6.82. The number of aromatic amines is 1. The van der Waals surface area contributed by atoms with Crippen LogP contribution in [0.4, 0.5) is 0 Å². The first-order valence-corrected chi connectivity index (χ1v) is 8.01. The van der Waals surface area contributed by atoms with E-state index in [0.717, 1.165) is 0 Å². The van der Waals surface area contributed by atoms with Crippen molar-refractivity contribution in [2.75, 3.05) is 33.9 Å². The van der Waals surface area contributed by atoms with Gasteiger partial charge in [0.15, 0.2) is 0 Å². The third kappa shape index (κ3) is 5.46. The standard InChI is InChI=1S/C12H22N4O4S/c1-9(13-2)7-15-12(17)11-6-10(8-14-11)21(18,19)16-4-5-20-3/h6,8-9,13-14,16H,4-5,7H2,1-3H3,(H,15,17). The molecule has 0 bridgehead atoms. The Balaban J connectivity index is 2.65. The minimum absolute atomic E-state index is 0.0189. The lowest BCUT2D eigenvalue weighted by atomic mass is 10.3. The van der Waals surface area contributed by atoms with Gasteiger partial charge in [-0.15, -0.1) is 0 Å². The number of amides is 1. The summed E-state index contributed by atoms with van der Waals surface area (Å²) in [5.74, 6) is -0.351. The lowest BCUT2D eigenvalue weighted by Crippen LogP contribution is -2.37. The van der Waals surface area contributed by atoms with Crippen LogP contribution in [0.1, 0.15) is 17.4 Å². The molecule has 0 aliphatic rings. The highest BCUT2D eigenvalue weighted by Gasteiger charge is 2.18. The molecule has 0 saturated carbocycles. The van der Waals surface area contributed by atoms with E-state index in [2.05, 4.69) is 20.3 Å². The van der Waals surface area contributed by atoms with Gasteiger partial charge >= 0.3 is 0 Å². The summed E-state index contributed by atoms with van der Waals surface area (Å²) < 4.78 is 31.0. The van der Waals surface area contributed by atoms with Gasteiger partial charge in [0.05, 0.1) is 6.61 Å². The molecule has 8 nitrogen and oxygen atoms in total. The van der Waals surface area contributed by atoms with E-state index in [1.807, 2.05) is 6.92 Å². The van der Waals surface area contributed by atoms with E-state index >= 15 is 0 Å². The lowest BCUT2D eigenvalue weighted by Gasteiger charge is -2.10. The Hall–Kier alpha value is -1.42. The summed E-state index contributed by atoms with van der Waals surface area (Å²) in [4.78, 5) is 14.5. The van der Waals surface area contributed by atoms with E-state index in [9.17, 15) is 13.2 Å². The van der Waals surface area contributed by atoms with E-state index in [0.29, 0.717) is 6.54 Å². The topological polar surface area (TPSA) is 112 Å². The molecule has 1 amide bonds. The highest BCUT2D eigenvalue weighted by Crippen LogP contribution is 2.10. The van der Waals surface area contributed by atoms with Crippen LogP contribution >= 0.6 is 0 Å². The number of carbonyl (C=O) groups excluding carboxylic acids is 1. The van der Waals surface area contributed by atoms with Gasteiger partial charge in [-0.2, -0.15) is 0 Å². The summed E-state index contributed by atoms with van der Waals surface area (Å²) in [6, 6.07) is 1.43. The van der Waals surface area contributed by atoms with Gasteiger partial charge in [-0.1, -0.05) is 0 Å². The van der Waals surface area contributed by atoms with Crippen molar-refractivity contribution in [1.29, 1.82) is 0 Å². The second kappa shape index (κ2) is 8.13. The fraction of sp³-hybridized carbons (Fsp3) is 0.583. The molecule has 0 aliphatic carbocycles. The second-order valence-corrected chi connectivity index (χ2v) is 6.31. The molecular formula is C12H22N4O4S. The summed E-state index contributed by atoms with van der Waals surface area (Å²) in [5, 5.41) is 5.69. The molecule has 1 atom stereocenters. The predicted octanol–water partition coefficient (Wildman–Crippen LogP) is -0.723. The zero-order valence-electron chi connectivity index (χ0n) is 12.4. The van der Waals surface area contributed by atoms with Crippen LogP contribution in [-0.4, -0.2) is 59.2 Å². The number of H-pyrrole nitrogens is 1. The predicted molar refractivity (Wildman–Crippen MR) is 78.7 cm³/mol. The van der Waals surface area contributed by atoms with Crippen molar-refractivity contribution < 1.29 is 17.9 Å². The molecule has 1 aromatic rings. The van der Waals surface area contributed by atoms with Crippen LogP contribution in [0.25, 0.3) is 0 Å². The number of ether oxygens (including phenoxy) is 1. The minimum atomic E-state index is -3.63. The number of methoxy groups -OCH3 is 1. The Morgan fingerprint density at radius 2 is 2.19 bits per heavy atom. The number of rotatable bonds is 9. The molecule has 1 rings (SSSR count). The monoisotopic (exact) mass is 318 g/mol. The molecule has 1 heterocycles. The molecule has 21 heavy (non-hydrogen) atoms. The average Bonchev–Trinajstić information content (AvgIpc) is 2.95. The van der Waals surface area contributed by atoms with Crippen molar-refractivity contribution in [3.8, 4) is 0 Å². The smallest absolute Gasteiger partial charge is 0.267 e. The van der Waals surface area contributed by atoms with Crippen molar-refractivity contribution in [2.24, 2.45) is 0 Å². The first-order chi connectivity index (χ1) is 9.90. The molecule has 0 aromatic carbocycles. The Bertz CT molecular complexity index is 555. The molecule has 0 spiro atoms. The zero-order valence-corrected chi connectivity index (χ0v) is 13.2. The molecule has 1 aromatic heterocycles. The largest absolute Gasteiger partial charge is 0.383 e. The number of hydrogen-bond acceptors (Lipinski definition) is 5. The Morgan fingerprint density at radius 3 is 2.81 bits per heavy atom. The summed E-state index contributed by atoms with van der Waals surface area (Å²) in [6.45, 7) is 2.82. The molecular weight excluding hydrogens is 296 g/mol. The summed E-state index contributed by atoms with van der Waals surface area (Å²) in [6.07, 6.45) is 1.28. The normalized spacial score (nSPS) is 13.1. The lowest BCUT2D eigenvalue weighted by molar-refractivity contribution is 0.0946. The minimum Gasteiger partial charge on any atom is -0.383 e. The molecule has 0 radical (unpaired) electrons. The van der Waals surface area contributed by atoms with Gasteiger partial charge in [0.1, 0.15) is 10.6 Å². The maximum atomic E-state index is 11.9. The SMILES string of the molecule is CNC(C)CNC(=O)c1cc(S(=O)(=O)NCCOC)c[nH]1. The zero-order chi connectivity index (χ0) is 15.9. The molecule has 0 aliphatic heterocycles. The fourth-order valence-corrected chi connectivity index (χ4v) is 2.47. The van der Waals surface area contributed by atoms with Crippen LogP contribution in [0.15, 0.2) is 17.2 Å². The third-order valence-electron chi connectivity index (χ3n) is 2.87. The molecule has 9 heteroatoms. The van der Waals surface area contributed by atoms with Crippen molar-refractivity contribution in [3.05, 3.63) is 18.0 Å². The molecule has 120 valence electrons. The molecule has 0 saturated heterocycles. The number of sulfonamides is 1. The van der Waals surface area contributed by atoms with Crippen LogP contribution in [0.3, 0.4) is 0 Å². The highest BCUT2D eigenvalue weighted by atomic mass is 32.2. The molecule has 1 unspecified atom stereocenters. The van der Waals surface area contributed by atoms with E-state index < -0.39 is 10.0 Å². The van der Waals surface area contributed by atoms with Crippen LogP contribution in [-0.2, 0) is 14.8 Å². The first kappa shape index (κ1) is 17.6. The molecule has 0 fully saturated rings. The molecule has 4 N–H and O–H groups in total. The van der Waals surface area contributed by atoms with E-state index in [-0.39, 0.29) is 35.7 Å². The number of carbonyl (C=O) groups is 1. The van der Waals surface area contributed by atoms with Crippen molar-refractivity contribution >= 4 is 15.9 Å². The number of aromatic nitrogens is 1. The van der Waals surface area contributed by atoms with Crippen LogP contribution in [0.5, 0.6) is 0 Å².